The molecule has 1 fully saturated rings. The second kappa shape index (κ2) is 6.65. The number of hydrogen-bond donors (Lipinski definition) is 2. The fraction of sp³-hybridized carbons (Fsp3) is 0.571. The first-order chi connectivity index (χ1) is 9.67. The fourth-order valence-electron chi connectivity index (χ4n) is 2.49. The summed E-state index contributed by atoms with van der Waals surface area (Å²) in [5.41, 5.74) is 0.0105. The van der Waals surface area contributed by atoms with Crippen LogP contribution in [0.2, 0.25) is 0 Å². The molecule has 110 valence electrons. The van der Waals surface area contributed by atoms with E-state index in [1.807, 2.05) is 0 Å². The molecule has 5 nitrogen and oxygen atoms in total. The predicted molar refractivity (Wildman–Crippen MR) is 74.2 cm³/mol. The van der Waals surface area contributed by atoms with Gasteiger partial charge in [0.15, 0.2) is 11.6 Å². The summed E-state index contributed by atoms with van der Waals surface area (Å²) < 4.78 is 19.5. The van der Waals surface area contributed by atoms with Gasteiger partial charge in [0.05, 0.1) is 11.7 Å². The number of nitrogens with zero attached hydrogens (tertiary/aromatic N) is 1. The highest BCUT2D eigenvalue weighted by Gasteiger charge is 2.27. The highest BCUT2D eigenvalue weighted by Crippen LogP contribution is 2.22. The molecule has 0 aliphatic carbocycles. The van der Waals surface area contributed by atoms with E-state index in [2.05, 4.69) is 22.5 Å². The van der Waals surface area contributed by atoms with E-state index >= 15 is 0 Å². The van der Waals surface area contributed by atoms with Crippen LogP contribution in [0.1, 0.15) is 30.1 Å². The van der Waals surface area contributed by atoms with E-state index in [1.165, 1.54) is 12.3 Å². The van der Waals surface area contributed by atoms with Crippen LogP contribution >= 0.6 is 0 Å². The Kier molecular flexibility index (Phi) is 4.89. The van der Waals surface area contributed by atoms with Crippen molar-refractivity contribution in [3.05, 3.63) is 23.6 Å². The van der Waals surface area contributed by atoms with Gasteiger partial charge in [-0.25, -0.2) is 9.37 Å². The highest BCUT2D eigenvalue weighted by atomic mass is 19.1. The number of pyridine rings is 1. The van der Waals surface area contributed by atoms with Crippen LogP contribution in [0.15, 0.2) is 12.3 Å². The second-order valence-corrected chi connectivity index (χ2v) is 4.85. The van der Waals surface area contributed by atoms with Crippen LogP contribution in [0.3, 0.4) is 0 Å². The molecule has 1 aliphatic rings. The van der Waals surface area contributed by atoms with Crippen LogP contribution in [-0.2, 0) is 4.74 Å². The number of aromatic nitrogens is 1. The van der Waals surface area contributed by atoms with Crippen LogP contribution in [0.4, 0.5) is 10.2 Å². The third-order valence-corrected chi connectivity index (χ3v) is 3.64. The molecule has 0 saturated carbocycles. The van der Waals surface area contributed by atoms with Crippen molar-refractivity contribution >= 4 is 11.7 Å². The van der Waals surface area contributed by atoms with E-state index in [4.69, 9.17) is 4.74 Å². The average Bonchev–Trinajstić information content (AvgIpc) is 2.92. The molecule has 2 atom stereocenters. The molecule has 1 aromatic rings. The van der Waals surface area contributed by atoms with Crippen molar-refractivity contribution in [2.45, 2.75) is 25.9 Å². The molecular formula is C14H20FN3O2. The molecule has 2 N–H and O–H groups in total. The van der Waals surface area contributed by atoms with E-state index in [0.717, 1.165) is 19.4 Å². The maximum absolute atomic E-state index is 14.0. The topological polar surface area (TPSA) is 63.2 Å². The van der Waals surface area contributed by atoms with Crippen molar-refractivity contribution in [1.82, 2.24) is 10.3 Å². The number of amides is 1. The number of nitrogens with one attached hydrogen (secondary N) is 2. The van der Waals surface area contributed by atoms with Gasteiger partial charge in [-0.1, -0.05) is 6.92 Å². The largest absolute Gasteiger partial charge is 0.378 e. The van der Waals surface area contributed by atoms with Gasteiger partial charge in [-0.3, -0.25) is 4.79 Å². The maximum atomic E-state index is 14.0. The monoisotopic (exact) mass is 281 g/mol. The number of hydrogen-bond acceptors (Lipinski definition) is 4. The first-order valence-electron chi connectivity index (χ1n) is 6.89. The quantitative estimate of drug-likeness (QED) is 0.864. The van der Waals surface area contributed by atoms with Gasteiger partial charge in [0.2, 0.25) is 0 Å². The molecule has 6 heteroatoms. The van der Waals surface area contributed by atoms with Gasteiger partial charge in [-0.05, 0) is 18.9 Å². The Hall–Kier alpha value is -1.69. The lowest BCUT2D eigenvalue weighted by Crippen LogP contribution is -2.33. The zero-order valence-corrected chi connectivity index (χ0v) is 11.8. The van der Waals surface area contributed by atoms with Gasteiger partial charge in [0, 0.05) is 32.3 Å². The van der Waals surface area contributed by atoms with Crippen LogP contribution in [0.5, 0.6) is 0 Å². The average molecular weight is 281 g/mol. The Morgan fingerprint density at radius 3 is 3.10 bits per heavy atom. The summed E-state index contributed by atoms with van der Waals surface area (Å²) in [5.74, 6) is -0.656. The summed E-state index contributed by atoms with van der Waals surface area (Å²) in [4.78, 5) is 15.9. The smallest absolute Gasteiger partial charge is 0.254 e. The minimum atomic E-state index is -0.623. The highest BCUT2D eigenvalue weighted by molar-refractivity contribution is 5.95. The van der Waals surface area contributed by atoms with E-state index in [-0.39, 0.29) is 17.5 Å². The summed E-state index contributed by atoms with van der Waals surface area (Å²) in [6.45, 7) is 3.30. The number of rotatable bonds is 5. The van der Waals surface area contributed by atoms with E-state index < -0.39 is 11.7 Å². The minimum absolute atomic E-state index is 0.0105. The van der Waals surface area contributed by atoms with Gasteiger partial charge < -0.3 is 15.4 Å². The summed E-state index contributed by atoms with van der Waals surface area (Å²) in [6.07, 6.45) is 3.45. The molecular weight excluding hydrogens is 261 g/mol. The summed E-state index contributed by atoms with van der Waals surface area (Å²) in [6, 6.07) is 1.38. The molecule has 1 aromatic heterocycles. The van der Waals surface area contributed by atoms with Crippen molar-refractivity contribution in [2.24, 2.45) is 5.92 Å². The summed E-state index contributed by atoms with van der Waals surface area (Å²) in [7, 11) is 1.56. The fourth-order valence-corrected chi connectivity index (χ4v) is 2.49. The predicted octanol–water partition coefficient (Wildman–Crippen LogP) is 1.81. The third kappa shape index (κ3) is 3.07. The Labute approximate surface area is 117 Å². The number of ether oxygens (including phenoxy) is 1. The lowest BCUT2D eigenvalue weighted by atomic mass is 9.99. The molecule has 0 aromatic carbocycles. The third-order valence-electron chi connectivity index (χ3n) is 3.64. The normalized spacial score (nSPS) is 21.8. The number of carbonyl (C=O) groups is 1. The SMILES string of the molecule is CCC1OCCC1CNC(=O)c1ccnc(NC)c1F. The van der Waals surface area contributed by atoms with Crippen LogP contribution in [-0.4, -0.2) is 37.2 Å². The van der Waals surface area contributed by atoms with E-state index in [1.54, 1.807) is 7.05 Å². The summed E-state index contributed by atoms with van der Waals surface area (Å²) >= 11 is 0. The molecule has 1 saturated heterocycles. The lowest BCUT2D eigenvalue weighted by Gasteiger charge is -2.17. The zero-order chi connectivity index (χ0) is 14.5. The molecule has 2 heterocycles. The van der Waals surface area contributed by atoms with Crippen LogP contribution in [0, 0.1) is 11.7 Å². The standard InChI is InChI=1S/C14H20FN3O2/c1-3-11-9(5-7-20-11)8-18-14(19)10-4-6-17-13(16-2)12(10)15/h4,6,9,11H,3,5,7-8H2,1-2H3,(H,16,17)(H,18,19). The minimum Gasteiger partial charge on any atom is -0.378 e. The van der Waals surface area contributed by atoms with Gasteiger partial charge >= 0.3 is 0 Å². The van der Waals surface area contributed by atoms with Crippen molar-refractivity contribution < 1.29 is 13.9 Å². The van der Waals surface area contributed by atoms with Crippen molar-refractivity contribution in [3.8, 4) is 0 Å². The number of anilines is 1. The molecule has 0 bridgehead atoms. The molecule has 20 heavy (non-hydrogen) atoms. The zero-order valence-electron chi connectivity index (χ0n) is 11.8. The molecule has 1 aliphatic heterocycles. The Balaban J connectivity index is 1.98. The van der Waals surface area contributed by atoms with E-state index in [0.29, 0.717) is 12.5 Å². The second-order valence-electron chi connectivity index (χ2n) is 4.85. The van der Waals surface area contributed by atoms with Crippen molar-refractivity contribution in [1.29, 1.82) is 0 Å². The van der Waals surface area contributed by atoms with Gasteiger partial charge in [-0.15, -0.1) is 0 Å². The molecule has 1 amide bonds. The van der Waals surface area contributed by atoms with Crippen molar-refractivity contribution in [3.63, 3.8) is 0 Å². The van der Waals surface area contributed by atoms with Gasteiger partial charge in [0.25, 0.3) is 5.91 Å². The Bertz CT molecular complexity index is 481. The first-order valence-corrected chi connectivity index (χ1v) is 6.89. The van der Waals surface area contributed by atoms with Crippen LogP contribution in [0.25, 0.3) is 0 Å². The first kappa shape index (κ1) is 14.7. The molecule has 2 rings (SSSR count). The van der Waals surface area contributed by atoms with Gasteiger partial charge in [-0.2, -0.15) is 0 Å². The number of carbonyl (C=O) groups excluding carboxylic acids is 1. The van der Waals surface area contributed by atoms with Gasteiger partial charge in [0.1, 0.15) is 0 Å². The molecule has 0 radical (unpaired) electrons. The molecule has 0 spiro atoms. The Morgan fingerprint density at radius 1 is 1.60 bits per heavy atom. The molecule has 2 unspecified atom stereocenters. The van der Waals surface area contributed by atoms with E-state index in [9.17, 15) is 9.18 Å². The number of halogens is 1. The lowest BCUT2D eigenvalue weighted by molar-refractivity contribution is 0.0825. The van der Waals surface area contributed by atoms with Crippen molar-refractivity contribution in [2.75, 3.05) is 25.5 Å². The summed E-state index contributed by atoms with van der Waals surface area (Å²) in [5, 5.41) is 5.40. The maximum Gasteiger partial charge on any atom is 0.254 e. The Morgan fingerprint density at radius 2 is 2.40 bits per heavy atom. The van der Waals surface area contributed by atoms with Crippen LogP contribution < -0.4 is 10.6 Å².